The fourth-order valence-electron chi connectivity index (χ4n) is 1.85. The van der Waals surface area contributed by atoms with Gasteiger partial charge in [-0.2, -0.15) is 0 Å². The minimum absolute atomic E-state index is 0.157. The average molecular weight is 295 g/mol. The van der Waals surface area contributed by atoms with E-state index in [-0.39, 0.29) is 5.02 Å². The first-order valence-electron chi connectivity index (χ1n) is 5.35. The van der Waals surface area contributed by atoms with Crippen LogP contribution in [0.5, 0.6) is 5.75 Å². The molecule has 1 aliphatic rings. The highest BCUT2D eigenvalue weighted by atomic mass is 35.5. The Balaban J connectivity index is 2.29. The summed E-state index contributed by atoms with van der Waals surface area (Å²) in [7, 11) is 0. The molecule has 4 nitrogen and oxygen atoms in total. The molecule has 3 N–H and O–H groups in total. The van der Waals surface area contributed by atoms with Crippen molar-refractivity contribution in [2.24, 2.45) is 5.73 Å². The van der Waals surface area contributed by atoms with Gasteiger partial charge in [0.25, 0.3) is 0 Å². The number of halogens is 4. The second-order valence-electron chi connectivity index (χ2n) is 4.26. The minimum Gasteiger partial charge on any atom is -0.404 e. The highest BCUT2D eigenvalue weighted by Crippen LogP contribution is 2.47. The Hall–Kier alpha value is -1.63. The SMILES string of the molecule is NC(=O)NC1(c2ccc(Cl)c(OC(F)(F)F)c2)CC1. The van der Waals surface area contributed by atoms with Crippen LogP contribution in [0, 0.1) is 0 Å². The summed E-state index contributed by atoms with van der Waals surface area (Å²) < 4.78 is 40.4. The quantitative estimate of drug-likeness (QED) is 0.900. The van der Waals surface area contributed by atoms with Gasteiger partial charge in [0.05, 0.1) is 10.6 Å². The molecule has 104 valence electrons. The number of nitrogens with one attached hydrogen (secondary N) is 1. The van der Waals surface area contributed by atoms with Gasteiger partial charge in [-0.25, -0.2) is 4.79 Å². The fraction of sp³-hybridized carbons (Fsp3) is 0.364. The van der Waals surface area contributed by atoms with Crippen LogP contribution in [0.4, 0.5) is 18.0 Å². The number of alkyl halides is 3. The summed E-state index contributed by atoms with van der Waals surface area (Å²) in [6.07, 6.45) is -3.62. The summed E-state index contributed by atoms with van der Waals surface area (Å²) in [6.45, 7) is 0. The fourth-order valence-corrected chi connectivity index (χ4v) is 2.01. The standard InChI is InChI=1S/C11H10ClF3N2O2/c12-7-2-1-6(5-8(7)19-11(13,14)15)10(3-4-10)17-9(16)18/h1-2,5H,3-4H2,(H3,16,17,18). The summed E-state index contributed by atoms with van der Waals surface area (Å²) in [4.78, 5) is 10.9. The van der Waals surface area contributed by atoms with E-state index in [1.807, 2.05) is 0 Å². The second-order valence-corrected chi connectivity index (χ2v) is 4.67. The number of rotatable bonds is 3. The Morgan fingerprint density at radius 1 is 1.42 bits per heavy atom. The third-order valence-electron chi connectivity index (χ3n) is 2.82. The number of amides is 2. The van der Waals surface area contributed by atoms with Crippen LogP contribution < -0.4 is 15.8 Å². The molecule has 0 bridgehead atoms. The van der Waals surface area contributed by atoms with E-state index in [9.17, 15) is 18.0 Å². The van der Waals surface area contributed by atoms with E-state index in [0.717, 1.165) is 0 Å². The molecule has 1 fully saturated rings. The number of urea groups is 1. The number of hydrogen-bond donors (Lipinski definition) is 2. The molecule has 0 heterocycles. The van der Waals surface area contributed by atoms with E-state index in [1.54, 1.807) is 0 Å². The summed E-state index contributed by atoms with van der Waals surface area (Å²) in [5.41, 5.74) is 4.81. The number of primary amides is 1. The number of nitrogens with two attached hydrogens (primary N) is 1. The van der Waals surface area contributed by atoms with Gasteiger partial charge >= 0.3 is 12.4 Å². The maximum atomic E-state index is 12.2. The molecule has 0 spiro atoms. The van der Waals surface area contributed by atoms with Gasteiger partial charge in [-0.15, -0.1) is 13.2 Å². The monoisotopic (exact) mass is 294 g/mol. The zero-order valence-corrected chi connectivity index (χ0v) is 10.3. The smallest absolute Gasteiger partial charge is 0.404 e. The molecule has 0 aromatic heterocycles. The number of carbonyl (C=O) groups excluding carboxylic acids is 1. The van der Waals surface area contributed by atoms with Crippen molar-refractivity contribution >= 4 is 17.6 Å². The molecule has 2 amide bonds. The van der Waals surface area contributed by atoms with Crippen molar-refractivity contribution in [1.82, 2.24) is 5.32 Å². The van der Waals surface area contributed by atoms with Crippen molar-refractivity contribution in [3.05, 3.63) is 28.8 Å². The van der Waals surface area contributed by atoms with Crippen LogP contribution in [-0.2, 0) is 5.54 Å². The zero-order chi connectivity index (χ0) is 14.3. The van der Waals surface area contributed by atoms with Crippen LogP contribution in [0.3, 0.4) is 0 Å². The zero-order valence-electron chi connectivity index (χ0n) is 9.55. The molecule has 0 atom stereocenters. The van der Waals surface area contributed by atoms with Crippen LogP contribution in [0.2, 0.25) is 5.02 Å². The topological polar surface area (TPSA) is 64.4 Å². The normalized spacial score (nSPS) is 16.8. The molecular weight excluding hydrogens is 285 g/mol. The van der Waals surface area contributed by atoms with Crippen LogP contribution >= 0.6 is 11.6 Å². The maximum absolute atomic E-state index is 12.2. The molecule has 0 unspecified atom stereocenters. The molecule has 1 aliphatic carbocycles. The molecule has 0 radical (unpaired) electrons. The predicted molar refractivity (Wildman–Crippen MR) is 61.8 cm³/mol. The van der Waals surface area contributed by atoms with Crippen LogP contribution in [-0.4, -0.2) is 12.4 Å². The van der Waals surface area contributed by atoms with E-state index in [2.05, 4.69) is 10.1 Å². The summed E-state index contributed by atoms with van der Waals surface area (Å²) in [6, 6.07) is 3.26. The predicted octanol–water partition coefficient (Wildman–Crippen LogP) is 2.90. The van der Waals surface area contributed by atoms with Gasteiger partial charge in [0, 0.05) is 0 Å². The molecule has 2 rings (SSSR count). The van der Waals surface area contributed by atoms with Crippen LogP contribution in [0.15, 0.2) is 18.2 Å². The summed E-state index contributed by atoms with van der Waals surface area (Å²) in [5, 5.41) is 2.36. The van der Waals surface area contributed by atoms with Crippen molar-refractivity contribution in [3.63, 3.8) is 0 Å². The first-order valence-corrected chi connectivity index (χ1v) is 5.73. The van der Waals surface area contributed by atoms with Crippen molar-refractivity contribution in [3.8, 4) is 5.75 Å². The summed E-state index contributed by atoms with van der Waals surface area (Å²) in [5.74, 6) is -0.496. The Kier molecular flexibility index (Phi) is 3.25. The first-order chi connectivity index (χ1) is 8.72. The molecule has 0 saturated heterocycles. The Morgan fingerprint density at radius 2 is 2.05 bits per heavy atom. The number of ether oxygens (including phenoxy) is 1. The van der Waals surface area contributed by atoms with Gasteiger partial charge < -0.3 is 15.8 Å². The Labute approximate surface area is 111 Å². The van der Waals surface area contributed by atoms with E-state index in [1.165, 1.54) is 18.2 Å². The number of hydrogen-bond acceptors (Lipinski definition) is 2. The molecule has 0 aliphatic heterocycles. The Morgan fingerprint density at radius 3 is 2.53 bits per heavy atom. The van der Waals surface area contributed by atoms with E-state index in [0.29, 0.717) is 18.4 Å². The Bertz CT molecular complexity index is 515. The lowest BCUT2D eigenvalue weighted by molar-refractivity contribution is -0.274. The van der Waals surface area contributed by atoms with Crippen molar-refractivity contribution in [1.29, 1.82) is 0 Å². The van der Waals surface area contributed by atoms with Crippen molar-refractivity contribution in [2.45, 2.75) is 24.7 Å². The summed E-state index contributed by atoms with van der Waals surface area (Å²) >= 11 is 5.64. The van der Waals surface area contributed by atoms with Gasteiger partial charge in [0.1, 0.15) is 5.75 Å². The van der Waals surface area contributed by atoms with E-state index < -0.39 is 23.7 Å². The third kappa shape index (κ3) is 3.23. The molecule has 1 aromatic rings. The highest BCUT2D eigenvalue weighted by molar-refractivity contribution is 6.32. The van der Waals surface area contributed by atoms with Gasteiger partial charge in [0.2, 0.25) is 0 Å². The average Bonchev–Trinajstić information content (AvgIpc) is 2.99. The molecule has 1 aromatic carbocycles. The number of carbonyl (C=O) groups is 1. The van der Waals surface area contributed by atoms with Gasteiger partial charge in [0.15, 0.2) is 0 Å². The van der Waals surface area contributed by atoms with E-state index >= 15 is 0 Å². The lowest BCUT2D eigenvalue weighted by Gasteiger charge is -2.18. The largest absolute Gasteiger partial charge is 0.573 e. The molecule has 19 heavy (non-hydrogen) atoms. The van der Waals surface area contributed by atoms with Crippen LogP contribution in [0.1, 0.15) is 18.4 Å². The lowest BCUT2D eigenvalue weighted by atomic mass is 10.0. The van der Waals surface area contributed by atoms with Crippen molar-refractivity contribution < 1.29 is 22.7 Å². The highest BCUT2D eigenvalue weighted by Gasteiger charge is 2.46. The maximum Gasteiger partial charge on any atom is 0.573 e. The lowest BCUT2D eigenvalue weighted by Crippen LogP contribution is -2.38. The second kappa shape index (κ2) is 4.48. The molecular formula is C11H10ClF3N2O2. The first kappa shape index (κ1) is 13.8. The molecule has 8 heteroatoms. The van der Waals surface area contributed by atoms with E-state index in [4.69, 9.17) is 17.3 Å². The van der Waals surface area contributed by atoms with Gasteiger partial charge in [-0.3, -0.25) is 0 Å². The molecule has 1 saturated carbocycles. The van der Waals surface area contributed by atoms with Gasteiger partial charge in [-0.05, 0) is 30.5 Å². The number of benzene rings is 1. The van der Waals surface area contributed by atoms with Crippen LogP contribution in [0.25, 0.3) is 0 Å². The minimum atomic E-state index is -4.82. The van der Waals surface area contributed by atoms with Gasteiger partial charge in [-0.1, -0.05) is 17.7 Å². The third-order valence-corrected chi connectivity index (χ3v) is 3.13. The van der Waals surface area contributed by atoms with Crippen molar-refractivity contribution in [2.75, 3.05) is 0 Å².